The number of fused-ring (bicyclic) bond motifs is 6. The molecule has 7 aromatic rings. The monoisotopic (exact) mass is 440 g/mol. The fraction of sp³-hybridized carbons (Fsp3) is 0. The Morgan fingerprint density at radius 2 is 1.18 bits per heavy atom. The minimum absolute atomic E-state index is 0.762. The standard InChI is InChI=1S/C30H20N2S/c31-20-14-15-21(19-13-16-30-25(17-19)24-9-3-6-12-29(24)33-30)28(18-20)32-26-10-4-1-7-22(26)23-8-2-5-11-27(23)32/h1-18H,31H2. The minimum atomic E-state index is 0.762. The summed E-state index contributed by atoms with van der Waals surface area (Å²) in [5.74, 6) is 0. The van der Waals surface area contributed by atoms with E-state index >= 15 is 0 Å². The van der Waals surface area contributed by atoms with Crippen molar-refractivity contribution < 1.29 is 0 Å². The van der Waals surface area contributed by atoms with Gasteiger partial charge in [-0.3, -0.25) is 0 Å². The SMILES string of the molecule is Nc1ccc(-c2ccc3sc4ccccc4c3c2)c(-n2c3ccccc3c3ccccc32)c1. The Labute approximate surface area is 195 Å². The first-order valence-corrected chi connectivity index (χ1v) is 11.9. The number of thiophene rings is 1. The molecule has 0 saturated carbocycles. The molecule has 2 aromatic heterocycles. The van der Waals surface area contributed by atoms with Crippen LogP contribution in [-0.4, -0.2) is 4.57 Å². The van der Waals surface area contributed by atoms with Gasteiger partial charge in [0.05, 0.1) is 16.7 Å². The minimum Gasteiger partial charge on any atom is -0.399 e. The van der Waals surface area contributed by atoms with Crippen LogP contribution in [0.2, 0.25) is 0 Å². The molecule has 5 aromatic carbocycles. The average molecular weight is 441 g/mol. The van der Waals surface area contributed by atoms with Gasteiger partial charge < -0.3 is 10.3 Å². The number of para-hydroxylation sites is 2. The van der Waals surface area contributed by atoms with Crippen LogP contribution in [0.1, 0.15) is 0 Å². The van der Waals surface area contributed by atoms with Crippen LogP contribution in [0.5, 0.6) is 0 Å². The summed E-state index contributed by atoms with van der Waals surface area (Å²) in [5.41, 5.74) is 12.9. The molecule has 156 valence electrons. The summed E-state index contributed by atoms with van der Waals surface area (Å²) in [4.78, 5) is 0. The third kappa shape index (κ3) is 2.73. The predicted octanol–water partition coefficient (Wildman–Crippen LogP) is 8.40. The van der Waals surface area contributed by atoms with Crippen molar-refractivity contribution in [3.05, 3.63) is 109 Å². The van der Waals surface area contributed by atoms with Gasteiger partial charge in [-0.2, -0.15) is 0 Å². The zero-order valence-corrected chi connectivity index (χ0v) is 18.6. The smallest absolute Gasteiger partial charge is 0.0561 e. The van der Waals surface area contributed by atoms with E-state index in [1.807, 2.05) is 17.4 Å². The van der Waals surface area contributed by atoms with E-state index in [-0.39, 0.29) is 0 Å². The third-order valence-corrected chi connectivity index (χ3v) is 7.68. The number of anilines is 1. The molecular formula is C30H20N2S. The molecule has 0 spiro atoms. The average Bonchev–Trinajstić information content (AvgIpc) is 3.39. The molecule has 0 unspecified atom stereocenters. The van der Waals surface area contributed by atoms with Gasteiger partial charge in [0.1, 0.15) is 0 Å². The fourth-order valence-electron chi connectivity index (χ4n) is 5.05. The lowest BCUT2D eigenvalue weighted by Crippen LogP contribution is -1.99. The van der Waals surface area contributed by atoms with Gasteiger partial charge >= 0.3 is 0 Å². The number of rotatable bonds is 2. The number of aromatic nitrogens is 1. The molecule has 0 aliphatic rings. The quantitative estimate of drug-likeness (QED) is 0.269. The molecule has 0 radical (unpaired) electrons. The highest BCUT2D eigenvalue weighted by molar-refractivity contribution is 7.25. The second-order valence-corrected chi connectivity index (χ2v) is 9.54. The van der Waals surface area contributed by atoms with Crippen LogP contribution in [0.15, 0.2) is 109 Å². The Bertz CT molecular complexity index is 1780. The summed E-state index contributed by atoms with van der Waals surface area (Å²) in [5, 5.41) is 5.12. The molecule has 0 bridgehead atoms. The van der Waals surface area contributed by atoms with Crippen molar-refractivity contribution in [1.29, 1.82) is 0 Å². The van der Waals surface area contributed by atoms with E-state index in [1.54, 1.807) is 0 Å². The molecule has 0 aliphatic heterocycles. The maximum absolute atomic E-state index is 6.34. The van der Waals surface area contributed by atoms with E-state index in [1.165, 1.54) is 53.1 Å². The van der Waals surface area contributed by atoms with Gasteiger partial charge in [0.15, 0.2) is 0 Å². The summed E-state index contributed by atoms with van der Waals surface area (Å²) >= 11 is 1.85. The lowest BCUT2D eigenvalue weighted by atomic mass is 10.00. The summed E-state index contributed by atoms with van der Waals surface area (Å²) in [6.45, 7) is 0. The molecular weight excluding hydrogens is 420 g/mol. The number of hydrogen-bond acceptors (Lipinski definition) is 2. The summed E-state index contributed by atoms with van der Waals surface area (Å²) in [6.07, 6.45) is 0. The van der Waals surface area contributed by atoms with Crippen molar-refractivity contribution in [2.75, 3.05) is 5.73 Å². The van der Waals surface area contributed by atoms with Crippen molar-refractivity contribution in [3.63, 3.8) is 0 Å². The molecule has 2 N–H and O–H groups in total. The Morgan fingerprint density at radius 3 is 1.94 bits per heavy atom. The van der Waals surface area contributed by atoms with Crippen LogP contribution in [0.3, 0.4) is 0 Å². The second kappa shape index (κ2) is 6.96. The number of hydrogen-bond donors (Lipinski definition) is 1. The van der Waals surface area contributed by atoms with E-state index < -0.39 is 0 Å². The third-order valence-electron chi connectivity index (χ3n) is 6.53. The molecule has 2 nitrogen and oxygen atoms in total. The first-order valence-electron chi connectivity index (χ1n) is 11.1. The lowest BCUT2D eigenvalue weighted by Gasteiger charge is -2.15. The van der Waals surface area contributed by atoms with E-state index in [2.05, 4.69) is 108 Å². The van der Waals surface area contributed by atoms with Crippen molar-refractivity contribution in [2.24, 2.45) is 0 Å². The van der Waals surface area contributed by atoms with Crippen molar-refractivity contribution in [3.8, 4) is 16.8 Å². The maximum Gasteiger partial charge on any atom is 0.0561 e. The molecule has 0 aliphatic carbocycles. The van der Waals surface area contributed by atoms with Gasteiger partial charge in [-0.05, 0) is 48.0 Å². The number of benzene rings is 5. The molecule has 0 atom stereocenters. The van der Waals surface area contributed by atoms with Gasteiger partial charge in [-0.25, -0.2) is 0 Å². The fourth-order valence-corrected chi connectivity index (χ4v) is 6.14. The lowest BCUT2D eigenvalue weighted by molar-refractivity contribution is 1.18. The zero-order valence-electron chi connectivity index (χ0n) is 17.8. The Hall–Kier alpha value is -4.08. The van der Waals surface area contributed by atoms with Crippen LogP contribution in [0, 0.1) is 0 Å². The Balaban J connectivity index is 1.56. The maximum atomic E-state index is 6.34. The van der Waals surface area contributed by atoms with Gasteiger partial charge in [0.25, 0.3) is 0 Å². The van der Waals surface area contributed by atoms with Crippen LogP contribution in [-0.2, 0) is 0 Å². The molecule has 3 heteroatoms. The first-order chi connectivity index (χ1) is 16.3. The topological polar surface area (TPSA) is 30.9 Å². The zero-order chi connectivity index (χ0) is 21.9. The van der Waals surface area contributed by atoms with Crippen LogP contribution < -0.4 is 5.73 Å². The Morgan fingerprint density at radius 1 is 0.545 bits per heavy atom. The Kier molecular flexibility index (Phi) is 3.90. The van der Waals surface area contributed by atoms with Crippen molar-refractivity contribution >= 4 is 59.0 Å². The normalized spacial score (nSPS) is 11.8. The van der Waals surface area contributed by atoms with E-state index in [4.69, 9.17) is 5.73 Å². The largest absolute Gasteiger partial charge is 0.399 e. The van der Waals surface area contributed by atoms with Gasteiger partial charge in [0, 0.05) is 42.2 Å². The molecule has 0 fully saturated rings. The van der Waals surface area contributed by atoms with Crippen molar-refractivity contribution in [1.82, 2.24) is 4.57 Å². The number of nitrogens with zero attached hydrogens (tertiary/aromatic N) is 1. The molecule has 7 rings (SSSR count). The highest BCUT2D eigenvalue weighted by atomic mass is 32.1. The van der Waals surface area contributed by atoms with Crippen LogP contribution in [0.4, 0.5) is 5.69 Å². The summed E-state index contributed by atoms with van der Waals surface area (Å²) in [6, 6.07) is 38.9. The summed E-state index contributed by atoms with van der Waals surface area (Å²) < 4.78 is 4.99. The van der Waals surface area contributed by atoms with Crippen molar-refractivity contribution in [2.45, 2.75) is 0 Å². The molecule has 33 heavy (non-hydrogen) atoms. The molecule has 2 heterocycles. The summed E-state index contributed by atoms with van der Waals surface area (Å²) in [7, 11) is 0. The first kappa shape index (κ1) is 18.5. The molecule has 0 amide bonds. The second-order valence-electron chi connectivity index (χ2n) is 8.46. The van der Waals surface area contributed by atoms with Crippen LogP contribution >= 0.6 is 11.3 Å². The van der Waals surface area contributed by atoms with Gasteiger partial charge in [-0.1, -0.05) is 66.7 Å². The van der Waals surface area contributed by atoms with Crippen LogP contribution in [0.25, 0.3) is 58.8 Å². The van der Waals surface area contributed by atoms with Gasteiger partial charge in [-0.15, -0.1) is 11.3 Å². The highest BCUT2D eigenvalue weighted by Gasteiger charge is 2.16. The van der Waals surface area contributed by atoms with E-state index in [0.29, 0.717) is 0 Å². The van der Waals surface area contributed by atoms with E-state index in [0.717, 1.165) is 11.4 Å². The number of nitrogens with two attached hydrogens (primary N) is 1. The molecule has 0 saturated heterocycles. The highest BCUT2D eigenvalue weighted by Crippen LogP contribution is 2.40. The van der Waals surface area contributed by atoms with Gasteiger partial charge in [0.2, 0.25) is 0 Å². The number of nitrogen functional groups attached to an aromatic ring is 1. The van der Waals surface area contributed by atoms with E-state index in [9.17, 15) is 0 Å². The predicted molar refractivity (Wildman–Crippen MR) is 144 cm³/mol.